The van der Waals surface area contributed by atoms with Crippen molar-refractivity contribution < 1.29 is 0 Å². The number of thiophene rings is 1. The Balaban J connectivity index is 1.90. The van der Waals surface area contributed by atoms with Gasteiger partial charge < -0.3 is 5.32 Å². The van der Waals surface area contributed by atoms with Crippen molar-refractivity contribution in [2.24, 2.45) is 0 Å². The Bertz CT molecular complexity index is 446. The SMILES string of the molecule is Cc1ccc(CNCc2cccs2)c(C)c1. The highest BCUT2D eigenvalue weighted by molar-refractivity contribution is 7.09. The third kappa shape index (κ3) is 2.94. The summed E-state index contributed by atoms with van der Waals surface area (Å²) in [5.41, 5.74) is 4.10. The van der Waals surface area contributed by atoms with Gasteiger partial charge in [0.15, 0.2) is 0 Å². The van der Waals surface area contributed by atoms with Crippen LogP contribution in [0.4, 0.5) is 0 Å². The number of benzene rings is 1. The molecule has 0 saturated carbocycles. The van der Waals surface area contributed by atoms with Crippen molar-refractivity contribution in [3.05, 3.63) is 57.3 Å². The molecule has 1 aromatic heterocycles. The molecule has 16 heavy (non-hydrogen) atoms. The van der Waals surface area contributed by atoms with E-state index in [4.69, 9.17) is 0 Å². The Morgan fingerprint density at radius 3 is 2.69 bits per heavy atom. The molecular weight excluding hydrogens is 214 g/mol. The molecule has 0 aliphatic carbocycles. The van der Waals surface area contributed by atoms with Crippen molar-refractivity contribution >= 4 is 11.3 Å². The second kappa shape index (κ2) is 5.28. The lowest BCUT2D eigenvalue weighted by Crippen LogP contribution is -2.12. The third-order valence-electron chi connectivity index (χ3n) is 2.69. The molecule has 0 amide bonds. The minimum Gasteiger partial charge on any atom is -0.308 e. The van der Waals surface area contributed by atoms with E-state index in [1.807, 2.05) is 0 Å². The lowest BCUT2D eigenvalue weighted by molar-refractivity contribution is 0.698. The Hall–Kier alpha value is -1.12. The molecule has 2 heteroatoms. The summed E-state index contributed by atoms with van der Waals surface area (Å²) in [6.07, 6.45) is 0. The first-order chi connectivity index (χ1) is 7.75. The zero-order valence-electron chi connectivity index (χ0n) is 9.79. The van der Waals surface area contributed by atoms with E-state index < -0.39 is 0 Å². The fourth-order valence-electron chi connectivity index (χ4n) is 1.78. The molecule has 0 atom stereocenters. The molecule has 1 aromatic carbocycles. The number of aryl methyl sites for hydroxylation is 2. The van der Waals surface area contributed by atoms with E-state index in [0.717, 1.165) is 13.1 Å². The Kier molecular flexibility index (Phi) is 3.75. The van der Waals surface area contributed by atoms with Crippen LogP contribution >= 0.6 is 11.3 Å². The second-order valence-corrected chi connectivity index (χ2v) is 5.15. The van der Waals surface area contributed by atoms with Gasteiger partial charge in [-0.05, 0) is 36.4 Å². The largest absolute Gasteiger partial charge is 0.308 e. The van der Waals surface area contributed by atoms with Crippen LogP contribution in [0.2, 0.25) is 0 Å². The monoisotopic (exact) mass is 231 g/mol. The molecular formula is C14H17NS. The summed E-state index contributed by atoms with van der Waals surface area (Å²) in [5.74, 6) is 0. The van der Waals surface area contributed by atoms with E-state index in [1.165, 1.54) is 21.6 Å². The predicted octanol–water partition coefficient (Wildman–Crippen LogP) is 3.65. The van der Waals surface area contributed by atoms with Gasteiger partial charge in [0.1, 0.15) is 0 Å². The summed E-state index contributed by atoms with van der Waals surface area (Å²) in [6, 6.07) is 10.9. The van der Waals surface area contributed by atoms with Crippen molar-refractivity contribution in [1.82, 2.24) is 5.32 Å². The zero-order chi connectivity index (χ0) is 11.4. The molecule has 1 heterocycles. The molecule has 0 fully saturated rings. The van der Waals surface area contributed by atoms with Gasteiger partial charge in [0.25, 0.3) is 0 Å². The fraction of sp³-hybridized carbons (Fsp3) is 0.286. The fourth-order valence-corrected chi connectivity index (χ4v) is 2.45. The Morgan fingerprint density at radius 1 is 1.12 bits per heavy atom. The molecule has 84 valence electrons. The van der Waals surface area contributed by atoms with Gasteiger partial charge >= 0.3 is 0 Å². The second-order valence-electron chi connectivity index (χ2n) is 4.11. The summed E-state index contributed by atoms with van der Waals surface area (Å²) in [4.78, 5) is 1.39. The van der Waals surface area contributed by atoms with Crippen LogP contribution in [0, 0.1) is 13.8 Å². The van der Waals surface area contributed by atoms with Crippen LogP contribution in [-0.4, -0.2) is 0 Å². The molecule has 1 N–H and O–H groups in total. The van der Waals surface area contributed by atoms with Crippen LogP contribution in [0.25, 0.3) is 0 Å². The van der Waals surface area contributed by atoms with Gasteiger partial charge in [0.05, 0.1) is 0 Å². The van der Waals surface area contributed by atoms with E-state index in [2.05, 4.69) is 54.9 Å². The summed E-state index contributed by atoms with van der Waals surface area (Å²) < 4.78 is 0. The van der Waals surface area contributed by atoms with Crippen LogP contribution < -0.4 is 5.32 Å². The Morgan fingerprint density at radius 2 is 2.00 bits per heavy atom. The number of hydrogen-bond acceptors (Lipinski definition) is 2. The van der Waals surface area contributed by atoms with Crippen molar-refractivity contribution in [3.63, 3.8) is 0 Å². The van der Waals surface area contributed by atoms with Crippen LogP contribution in [-0.2, 0) is 13.1 Å². The highest BCUT2D eigenvalue weighted by Crippen LogP contribution is 2.11. The van der Waals surface area contributed by atoms with E-state index in [9.17, 15) is 0 Å². The first-order valence-corrected chi connectivity index (χ1v) is 6.43. The molecule has 0 unspecified atom stereocenters. The predicted molar refractivity (Wildman–Crippen MR) is 70.8 cm³/mol. The van der Waals surface area contributed by atoms with Gasteiger partial charge in [0, 0.05) is 18.0 Å². The summed E-state index contributed by atoms with van der Waals surface area (Å²) in [7, 11) is 0. The molecule has 0 radical (unpaired) electrons. The van der Waals surface area contributed by atoms with Gasteiger partial charge in [0.2, 0.25) is 0 Å². The first-order valence-electron chi connectivity index (χ1n) is 5.55. The third-order valence-corrected chi connectivity index (χ3v) is 3.57. The van der Waals surface area contributed by atoms with Gasteiger partial charge in [-0.2, -0.15) is 0 Å². The smallest absolute Gasteiger partial charge is 0.0302 e. The lowest BCUT2D eigenvalue weighted by Gasteiger charge is -2.07. The topological polar surface area (TPSA) is 12.0 Å². The number of hydrogen-bond donors (Lipinski definition) is 1. The zero-order valence-corrected chi connectivity index (χ0v) is 10.6. The maximum Gasteiger partial charge on any atom is 0.0302 e. The standard InChI is InChI=1S/C14H17NS/c1-11-5-6-13(12(2)8-11)9-15-10-14-4-3-7-16-14/h3-8,15H,9-10H2,1-2H3. The number of rotatable bonds is 4. The summed E-state index contributed by atoms with van der Waals surface area (Å²) >= 11 is 1.80. The van der Waals surface area contributed by atoms with Crippen molar-refractivity contribution in [1.29, 1.82) is 0 Å². The van der Waals surface area contributed by atoms with Crippen molar-refractivity contribution in [2.75, 3.05) is 0 Å². The summed E-state index contributed by atoms with van der Waals surface area (Å²) in [6.45, 7) is 6.22. The maximum atomic E-state index is 3.47. The van der Waals surface area contributed by atoms with Crippen LogP contribution in [0.1, 0.15) is 21.6 Å². The summed E-state index contributed by atoms with van der Waals surface area (Å²) in [5, 5.41) is 5.59. The van der Waals surface area contributed by atoms with Crippen molar-refractivity contribution in [3.8, 4) is 0 Å². The van der Waals surface area contributed by atoms with Gasteiger partial charge in [-0.15, -0.1) is 11.3 Å². The van der Waals surface area contributed by atoms with Crippen LogP contribution in [0.5, 0.6) is 0 Å². The number of nitrogens with one attached hydrogen (secondary N) is 1. The maximum absolute atomic E-state index is 3.47. The Labute approximate surface area is 101 Å². The van der Waals surface area contributed by atoms with E-state index in [-0.39, 0.29) is 0 Å². The highest BCUT2D eigenvalue weighted by Gasteiger charge is 1.98. The van der Waals surface area contributed by atoms with E-state index >= 15 is 0 Å². The minimum absolute atomic E-state index is 0.948. The molecule has 2 rings (SSSR count). The average molecular weight is 231 g/mol. The average Bonchev–Trinajstić information content (AvgIpc) is 2.74. The molecule has 2 aromatic rings. The molecule has 1 nitrogen and oxygen atoms in total. The van der Waals surface area contributed by atoms with E-state index in [0.29, 0.717) is 0 Å². The van der Waals surface area contributed by atoms with Crippen molar-refractivity contribution in [2.45, 2.75) is 26.9 Å². The molecule has 0 saturated heterocycles. The van der Waals surface area contributed by atoms with Crippen LogP contribution in [0.15, 0.2) is 35.7 Å². The van der Waals surface area contributed by atoms with Crippen LogP contribution in [0.3, 0.4) is 0 Å². The molecule has 0 aliphatic heterocycles. The molecule has 0 spiro atoms. The minimum atomic E-state index is 0.948. The molecule has 0 aliphatic rings. The quantitative estimate of drug-likeness (QED) is 0.847. The normalized spacial score (nSPS) is 10.6. The van der Waals surface area contributed by atoms with Gasteiger partial charge in [-0.3, -0.25) is 0 Å². The van der Waals surface area contributed by atoms with E-state index in [1.54, 1.807) is 11.3 Å². The van der Waals surface area contributed by atoms with Gasteiger partial charge in [-0.25, -0.2) is 0 Å². The highest BCUT2D eigenvalue weighted by atomic mass is 32.1. The molecule has 0 bridgehead atoms. The lowest BCUT2D eigenvalue weighted by atomic mass is 10.1. The van der Waals surface area contributed by atoms with Gasteiger partial charge in [-0.1, -0.05) is 29.8 Å². The first kappa shape index (κ1) is 11.4.